The highest BCUT2D eigenvalue weighted by molar-refractivity contribution is 6.31. The maximum Gasteiger partial charge on any atom is 0.322 e. The Labute approximate surface area is 140 Å². The van der Waals surface area contributed by atoms with Crippen LogP contribution in [0.5, 0.6) is 0 Å². The third-order valence-corrected chi connectivity index (χ3v) is 4.61. The molecule has 1 N–H and O–H groups in total. The fourth-order valence-electron chi connectivity index (χ4n) is 3.19. The SMILES string of the molecule is Cc1ccc(Cl)cc1NC(=O)N1CCC[C@@H]1c1c(C)noc1C. The van der Waals surface area contributed by atoms with Gasteiger partial charge in [0.25, 0.3) is 0 Å². The predicted molar refractivity (Wildman–Crippen MR) is 89.9 cm³/mol. The number of amides is 2. The van der Waals surface area contributed by atoms with Gasteiger partial charge in [-0.3, -0.25) is 0 Å². The molecule has 1 fully saturated rings. The molecule has 0 radical (unpaired) electrons. The van der Waals surface area contributed by atoms with Crippen molar-refractivity contribution in [3.8, 4) is 0 Å². The van der Waals surface area contributed by atoms with Gasteiger partial charge in [0.15, 0.2) is 0 Å². The molecule has 23 heavy (non-hydrogen) atoms. The van der Waals surface area contributed by atoms with Gasteiger partial charge in [0.1, 0.15) is 5.76 Å². The number of hydrogen-bond acceptors (Lipinski definition) is 3. The van der Waals surface area contributed by atoms with Gasteiger partial charge in [-0.1, -0.05) is 22.8 Å². The second kappa shape index (κ2) is 6.24. The first-order valence-electron chi connectivity index (χ1n) is 7.74. The topological polar surface area (TPSA) is 58.4 Å². The number of aryl methyl sites for hydroxylation is 3. The Bertz CT molecular complexity index is 722. The number of likely N-dealkylation sites (tertiary alicyclic amines) is 1. The number of halogens is 1. The highest BCUT2D eigenvalue weighted by atomic mass is 35.5. The van der Waals surface area contributed by atoms with Gasteiger partial charge >= 0.3 is 6.03 Å². The average molecular weight is 334 g/mol. The van der Waals surface area contributed by atoms with Crippen molar-refractivity contribution in [1.29, 1.82) is 0 Å². The maximum atomic E-state index is 12.7. The number of hydrogen-bond donors (Lipinski definition) is 1. The Kier molecular flexibility index (Phi) is 4.31. The lowest BCUT2D eigenvalue weighted by Crippen LogP contribution is -2.35. The maximum absolute atomic E-state index is 12.7. The lowest BCUT2D eigenvalue weighted by Gasteiger charge is -2.25. The minimum absolute atomic E-state index is 0.0146. The summed E-state index contributed by atoms with van der Waals surface area (Å²) in [5, 5.41) is 7.59. The fraction of sp³-hybridized carbons (Fsp3) is 0.412. The molecule has 2 heterocycles. The molecule has 2 amide bonds. The van der Waals surface area contributed by atoms with E-state index in [1.54, 1.807) is 6.07 Å². The predicted octanol–water partition coefficient (Wildman–Crippen LogP) is 4.62. The number of carbonyl (C=O) groups excluding carboxylic acids is 1. The smallest absolute Gasteiger partial charge is 0.322 e. The van der Waals surface area contributed by atoms with Crippen LogP contribution in [0.3, 0.4) is 0 Å². The first kappa shape index (κ1) is 15.9. The Hall–Kier alpha value is -2.01. The Balaban J connectivity index is 1.83. The summed E-state index contributed by atoms with van der Waals surface area (Å²) in [7, 11) is 0. The van der Waals surface area contributed by atoms with E-state index in [4.69, 9.17) is 16.1 Å². The zero-order valence-corrected chi connectivity index (χ0v) is 14.3. The number of urea groups is 1. The van der Waals surface area contributed by atoms with Crippen LogP contribution in [0.1, 0.15) is 41.5 Å². The lowest BCUT2D eigenvalue weighted by molar-refractivity contribution is 0.206. The summed E-state index contributed by atoms with van der Waals surface area (Å²) in [5.41, 5.74) is 3.61. The molecule has 0 unspecified atom stereocenters. The van der Waals surface area contributed by atoms with Gasteiger partial charge in [0.2, 0.25) is 0 Å². The minimum atomic E-state index is -0.113. The molecule has 5 nitrogen and oxygen atoms in total. The molecular formula is C17H20ClN3O2. The molecule has 0 saturated carbocycles. The molecule has 1 aromatic heterocycles. The molecule has 3 rings (SSSR count). The fourth-order valence-corrected chi connectivity index (χ4v) is 3.36. The summed E-state index contributed by atoms with van der Waals surface area (Å²) < 4.78 is 5.26. The first-order chi connectivity index (χ1) is 11.0. The van der Waals surface area contributed by atoms with Gasteiger partial charge in [-0.05, 0) is 51.3 Å². The van der Waals surface area contributed by atoms with Crippen LogP contribution < -0.4 is 5.32 Å². The summed E-state index contributed by atoms with van der Waals surface area (Å²) >= 11 is 6.03. The van der Waals surface area contributed by atoms with Crippen LogP contribution in [0.15, 0.2) is 22.7 Å². The molecule has 0 bridgehead atoms. The van der Waals surface area contributed by atoms with E-state index in [0.29, 0.717) is 5.02 Å². The van der Waals surface area contributed by atoms with Gasteiger partial charge in [0, 0.05) is 22.8 Å². The minimum Gasteiger partial charge on any atom is -0.361 e. The van der Waals surface area contributed by atoms with Crippen LogP contribution in [0.2, 0.25) is 5.02 Å². The van der Waals surface area contributed by atoms with E-state index in [0.717, 1.165) is 47.7 Å². The van der Waals surface area contributed by atoms with E-state index in [-0.39, 0.29) is 12.1 Å². The van der Waals surface area contributed by atoms with E-state index in [1.165, 1.54) is 0 Å². The highest BCUT2D eigenvalue weighted by Gasteiger charge is 2.34. The Morgan fingerprint density at radius 2 is 2.17 bits per heavy atom. The average Bonchev–Trinajstić information content (AvgIpc) is 3.09. The molecule has 1 saturated heterocycles. The van der Waals surface area contributed by atoms with Gasteiger partial charge in [-0.2, -0.15) is 0 Å². The van der Waals surface area contributed by atoms with E-state index in [2.05, 4.69) is 10.5 Å². The number of carbonyl (C=O) groups is 1. The largest absolute Gasteiger partial charge is 0.361 e. The second-order valence-electron chi connectivity index (χ2n) is 5.98. The van der Waals surface area contributed by atoms with Crippen LogP contribution in [0.4, 0.5) is 10.5 Å². The summed E-state index contributed by atoms with van der Waals surface area (Å²) in [6.45, 7) is 6.48. The monoisotopic (exact) mass is 333 g/mol. The molecule has 0 spiro atoms. The number of benzene rings is 1. The lowest BCUT2D eigenvalue weighted by atomic mass is 10.0. The summed E-state index contributed by atoms with van der Waals surface area (Å²) in [4.78, 5) is 14.6. The van der Waals surface area contributed by atoms with Gasteiger partial charge < -0.3 is 14.7 Å². The molecule has 1 aliphatic heterocycles. The second-order valence-corrected chi connectivity index (χ2v) is 6.42. The van der Waals surface area contributed by atoms with Gasteiger partial charge in [-0.15, -0.1) is 0 Å². The molecule has 1 atom stereocenters. The standard InChI is InChI=1S/C17H20ClN3O2/c1-10-6-7-13(18)9-14(10)19-17(22)21-8-4-5-15(21)16-11(2)20-23-12(16)3/h6-7,9,15H,4-5,8H2,1-3H3,(H,19,22)/t15-/m1/s1. The summed E-state index contributed by atoms with van der Waals surface area (Å²) in [6, 6.07) is 5.39. The van der Waals surface area contributed by atoms with E-state index >= 15 is 0 Å². The molecule has 2 aromatic rings. The van der Waals surface area contributed by atoms with Crippen LogP contribution in [-0.2, 0) is 0 Å². The molecule has 122 valence electrons. The summed E-state index contributed by atoms with van der Waals surface area (Å²) in [5.74, 6) is 0.783. The van der Waals surface area contributed by atoms with Crippen molar-refractivity contribution in [1.82, 2.24) is 10.1 Å². The van der Waals surface area contributed by atoms with E-state index < -0.39 is 0 Å². The highest BCUT2D eigenvalue weighted by Crippen LogP contribution is 2.36. The van der Waals surface area contributed by atoms with Crippen molar-refractivity contribution in [3.05, 3.63) is 45.8 Å². The van der Waals surface area contributed by atoms with Crippen molar-refractivity contribution < 1.29 is 9.32 Å². The third-order valence-electron chi connectivity index (χ3n) is 4.38. The summed E-state index contributed by atoms with van der Waals surface area (Å²) in [6.07, 6.45) is 1.89. The number of nitrogens with one attached hydrogen (secondary N) is 1. The van der Waals surface area contributed by atoms with E-state index in [1.807, 2.05) is 37.8 Å². The van der Waals surface area contributed by atoms with Crippen molar-refractivity contribution in [2.45, 2.75) is 39.7 Å². The molecule has 1 aromatic carbocycles. The number of anilines is 1. The van der Waals surface area contributed by atoms with Crippen molar-refractivity contribution >= 4 is 23.3 Å². The number of nitrogens with zero attached hydrogens (tertiary/aromatic N) is 2. The Morgan fingerprint density at radius 3 is 2.87 bits per heavy atom. The van der Waals surface area contributed by atoms with Crippen LogP contribution >= 0.6 is 11.6 Å². The van der Waals surface area contributed by atoms with E-state index in [9.17, 15) is 4.79 Å². The number of rotatable bonds is 2. The zero-order valence-electron chi connectivity index (χ0n) is 13.5. The third kappa shape index (κ3) is 3.06. The quantitative estimate of drug-likeness (QED) is 0.872. The van der Waals surface area contributed by atoms with Crippen LogP contribution in [-0.4, -0.2) is 22.6 Å². The van der Waals surface area contributed by atoms with Gasteiger partial charge in [0.05, 0.1) is 11.7 Å². The van der Waals surface area contributed by atoms with Gasteiger partial charge in [-0.25, -0.2) is 4.79 Å². The molecule has 6 heteroatoms. The number of aromatic nitrogens is 1. The normalized spacial score (nSPS) is 17.6. The Morgan fingerprint density at radius 1 is 1.39 bits per heavy atom. The van der Waals surface area contributed by atoms with Crippen molar-refractivity contribution in [2.75, 3.05) is 11.9 Å². The van der Waals surface area contributed by atoms with Crippen LogP contribution in [0, 0.1) is 20.8 Å². The van der Waals surface area contributed by atoms with Crippen LogP contribution in [0.25, 0.3) is 0 Å². The molecule has 1 aliphatic rings. The van der Waals surface area contributed by atoms with Crippen molar-refractivity contribution in [2.24, 2.45) is 0 Å². The molecular weight excluding hydrogens is 314 g/mol. The van der Waals surface area contributed by atoms with Crippen molar-refractivity contribution in [3.63, 3.8) is 0 Å². The first-order valence-corrected chi connectivity index (χ1v) is 8.11. The molecule has 0 aliphatic carbocycles. The zero-order chi connectivity index (χ0) is 16.6.